The van der Waals surface area contributed by atoms with Crippen LogP contribution in [0, 0.1) is 9.39 Å². The minimum Gasteiger partial charge on any atom is -0.492 e. The van der Waals surface area contributed by atoms with Crippen LogP contribution < -0.4 is 10.5 Å². The molecular formula is C7H7FINO. The van der Waals surface area contributed by atoms with Gasteiger partial charge in [-0.15, -0.1) is 0 Å². The second-order valence-corrected chi connectivity index (χ2v) is 3.15. The molecule has 0 saturated heterocycles. The van der Waals surface area contributed by atoms with E-state index in [0.29, 0.717) is 9.26 Å². The molecule has 0 bridgehead atoms. The summed E-state index contributed by atoms with van der Waals surface area (Å²) in [5.41, 5.74) is 5.76. The Morgan fingerprint density at radius 2 is 2.18 bits per heavy atom. The van der Waals surface area contributed by atoms with Crippen molar-refractivity contribution in [3.63, 3.8) is 0 Å². The Bertz CT molecular complexity index is 277. The molecule has 2 nitrogen and oxygen atoms in total. The minimum atomic E-state index is -0.395. The molecule has 0 heterocycles. The van der Waals surface area contributed by atoms with Gasteiger partial charge in [0.2, 0.25) is 0 Å². The predicted molar refractivity (Wildman–Crippen MR) is 50.1 cm³/mol. The lowest BCUT2D eigenvalue weighted by atomic mass is 10.3. The Balaban J connectivity index is 3.29. The molecule has 1 rings (SSSR count). The zero-order chi connectivity index (χ0) is 8.43. The highest BCUT2D eigenvalue weighted by molar-refractivity contribution is 14.1. The fourth-order valence-electron chi connectivity index (χ4n) is 0.754. The average Bonchev–Trinajstić information content (AvgIpc) is 1.99. The van der Waals surface area contributed by atoms with E-state index >= 15 is 0 Å². The van der Waals surface area contributed by atoms with Gasteiger partial charge >= 0.3 is 0 Å². The maximum absolute atomic E-state index is 13.1. The first kappa shape index (κ1) is 8.58. The number of benzene rings is 1. The van der Waals surface area contributed by atoms with Crippen molar-refractivity contribution in [2.75, 3.05) is 12.8 Å². The standard InChI is InChI=1S/C7H7FINO/c1-11-7-5(10)3-2-4(9)6(7)8/h2-3H,10H2,1H3. The molecule has 0 unspecified atom stereocenters. The van der Waals surface area contributed by atoms with E-state index in [-0.39, 0.29) is 5.75 Å². The van der Waals surface area contributed by atoms with Crippen LogP contribution in [0.5, 0.6) is 5.75 Å². The van der Waals surface area contributed by atoms with Gasteiger partial charge < -0.3 is 10.5 Å². The summed E-state index contributed by atoms with van der Waals surface area (Å²) >= 11 is 1.88. The zero-order valence-electron chi connectivity index (χ0n) is 5.90. The number of hydrogen-bond acceptors (Lipinski definition) is 2. The van der Waals surface area contributed by atoms with Crippen LogP contribution in [0.2, 0.25) is 0 Å². The van der Waals surface area contributed by atoms with Gasteiger partial charge in [0.05, 0.1) is 16.4 Å². The molecule has 2 N–H and O–H groups in total. The predicted octanol–water partition coefficient (Wildman–Crippen LogP) is 2.02. The quantitative estimate of drug-likeness (QED) is 0.624. The largest absolute Gasteiger partial charge is 0.492 e. The SMILES string of the molecule is COc1c(N)ccc(I)c1F. The van der Waals surface area contributed by atoms with Crippen molar-refractivity contribution in [1.82, 2.24) is 0 Å². The van der Waals surface area contributed by atoms with Crippen molar-refractivity contribution in [3.05, 3.63) is 21.5 Å². The van der Waals surface area contributed by atoms with Crippen molar-refractivity contribution < 1.29 is 9.13 Å². The summed E-state index contributed by atoms with van der Waals surface area (Å²) in [5, 5.41) is 0. The lowest BCUT2D eigenvalue weighted by Gasteiger charge is -2.05. The molecule has 0 aliphatic heterocycles. The first-order valence-electron chi connectivity index (χ1n) is 2.94. The first-order valence-corrected chi connectivity index (χ1v) is 4.02. The third-order valence-electron chi connectivity index (χ3n) is 1.28. The average molecular weight is 267 g/mol. The number of ether oxygens (including phenoxy) is 1. The monoisotopic (exact) mass is 267 g/mol. The van der Waals surface area contributed by atoms with E-state index in [9.17, 15) is 4.39 Å². The second kappa shape index (κ2) is 3.25. The number of hydrogen-bond donors (Lipinski definition) is 1. The van der Waals surface area contributed by atoms with Crippen molar-refractivity contribution in [2.24, 2.45) is 0 Å². The maximum Gasteiger partial charge on any atom is 0.180 e. The van der Waals surface area contributed by atoms with Crippen LogP contribution in [0.25, 0.3) is 0 Å². The molecule has 60 valence electrons. The molecule has 0 aliphatic rings. The van der Waals surface area contributed by atoms with Gasteiger partial charge in [-0.25, -0.2) is 4.39 Å². The van der Waals surface area contributed by atoms with Gasteiger partial charge in [0.1, 0.15) is 0 Å². The van der Waals surface area contributed by atoms with Crippen molar-refractivity contribution in [2.45, 2.75) is 0 Å². The van der Waals surface area contributed by atoms with Gasteiger partial charge in [0.25, 0.3) is 0 Å². The van der Waals surface area contributed by atoms with E-state index in [1.807, 2.05) is 22.6 Å². The smallest absolute Gasteiger partial charge is 0.180 e. The van der Waals surface area contributed by atoms with E-state index in [2.05, 4.69) is 0 Å². The highest BCUT2D eigenvalue weighted by Gasteiger charge is 2.09. The lowest BCUT2D eigenvalue weighted by molar-refractivity contribution is 0.387. The number of halogens is 2. The molecular weight excluding hydrogens is 260 g/mol. The number of nitrogen functional groups attached to an aromatic ring is 1. The molecule has 11 heavy (non-hydrogen) atoms. The summed E-state index contributed by atoms with van der Waals surface area (Å²) in [4.78, 5) is 0. The highest BCUT2D eigenvalue weighted by Crippen LogP contribution is 2.27. The van der Waals surface area contributed by atoms with E-state index < -0.39 is 5.82 Å². The number of methoxy groups -OCH3 is 1. The van der Waals surface area contributed by atoms with Crippen LogP contribution in [0.15, 0.2) is 12.1 Å². The fraction of sp³-hybridized carbons (Fsp3) is 0.143. The van der Waals surface area contributed by atoms with Crippen molar-refractivity contribution in [1.29, 1.82) is 0 Å². The minimum absolute atomic E-state index is 0.122. The molecule has 0 spiro atoms. The summed E-state index contributed by atoms with van der Waals surface area (Å²) in [6.45, 7) is 0. The highest BCUT2D eigenvalue weighted by atomic mass is 127. The van der Waals surface area contributed by atoms with Crippen LogP contribution in [0.1, 0.15) is 0 Å². The third kappa shape index (κ3) is 1.55. The van der Waals surface area contributed by atoms with Crippen LogP contribution in [0.4, 0.5) is 10.1 Å². The van der Waals surface area contributed by atoms with Crippen molar-refractivity contribution in [3.8, 4) is 5.75 Å². The summed E-state index contributed by atoms with van der Waals surface area (Å²) in [5.74, 6) is -0.273. The topological polar surface area (TPSA) is 35.2 Å². The number of nitrogens with two attached hydrogens (primary N) is 1. The molecule has 1 aromatic carbocycles. The van der Waals surface area contributed by atoms with Crippen LogP contribution >= 0.6 is 22.6 Å². The molecule has 1 aromatic rings. The lowest BCUT2D eigenvalue weighted by Crippen LogP contribution is -1.96. The third-order valence-corrected chi connectivity index (χ3v) is 2.12. The number of anilines is 1. The Morgan fingerprint density at radius 3 is 2.64 bits per heavy atom. The molecule has 0 radical (unpaired) electrons. The normalized spacial score (nSPS) is 9.73. The van der Waals surface area contributed by atoms with E-state index in [4.69, 9.17) is 10.5 Å². The first-order chi connectivity index (χ1) is 5.16. The van der Waals surface area contributed by atoms with E-state index in [1.165, 1.54) is 7.11 Å². The second-order valence-electron chi connectivity index (χ2n) is 1.98. The van der Waals surface area contributed by atoms with Gasteiger partial charge in [-0.2, -0.15) is 0 Å². The molecule has 0 aliphatic carbocycles. The maximum atomic E-state index is 13.1. The van der Waals surface area contributed by atoms with Crippen molar-refractivity contribution >= 4 is 28.3 Å². The molecule has 0 fully saturated rings. The zero-order valence-corrected chi connectivity index (χ0v) is 8.05. The Kier molecular flexibility index (Phi) is 2.53. The Labute approximate surface area is 77.7 Å². The summed E-state index contributed by atoms with van der Waals surface area (Å²) < 4.78 is 18.3. The van der Waals surface area contributed by atoms with Crippen LogP contribution in [-0.2, 0) is 0 Å². The van der Waals surface area contributed by atoms with Gasteiger partial charge in [-0.3, -0.25) is 0 Å². The molecule has 0 amide bonds. The van der Waals surface area contributed by atoms with Crippen LogP contribution in [0.3, 0.4) is 0 Å². The number of rotatable bonds is 1. The molecule has 0 aromatic heterocycles. The fourth-order valence-corrected chi connectivity index (χ4v) is 1.18. The Hall–Kier alpha value is -0.520. The summed E-state index contributed by atoms with van der Waals surface area (Å²) in [6.07, 6.45) is 0. The molecule has 0 saturated carbocycles. The van der Waals surface area contributed by atoms with Gasteiger partial charge in [-0.1, -0.05) is 0 Å². The van der Waals surface area contributed by atoms with Gasteiger partial charge in [-0.05, 0) is 34.7 Å². The van der Waals surface area contributed by atoms with Gasteiger partial charge in [0.15, 0.2) is 11.6 Å². The Morgan fingerprint density at radius 1 is 1.55 bits per heavy atom. The van der Waals surface area contributed by atoms with E-state index in [1.54, 1.807) is 12.1 Å². The van der Waals surface area contributed by atoms with Crippen LogP contribution in [-0.4, -0.2) is 7.11 Å². The summed E-state index contributed by atoms with van der Waals surface area (Å²) in [7, 11) is 1.39. The molecule has 4 heteroatoms. The van der Waals surface area contributed by atoms with Gasteiger partial charge in [0, 0.05) is 0 Å². The summed E-state index contributed by atoms with van der Waals surface area (Å²) in [6, 6.07) is 3.22. The molecule has 0 atom stereocenters. The van der Waals surface area contributed by atoms with E-state index in [0.717, 1.165) is 0 Å².